The van der Waals surface area contributed by atoms with Crippen molar-refractivity contribution >= 4 is 23.8 Å². The number of nitrogens with zero attached hydrogens (tertiary/aromatic N) is 2. The van der Waals surface area contributed by atoms with Gasteiger partial charge < -0.3 is 28.7 Å². The van der Waals surface area contributed by atoms with Gasteiger partial charge in [-0.15, -0.1) is 0 Å². The van der Waals surface area contributed by atoms with Crippen LogP contribution in [0.4, 0.5) is 0 Å². The molecule has 2 heterocycles. The van der Waals surface area contributed by atoms with Gasteiger partial charge in [-0.1, -0.05) is 37.1 Å². The van der Waals surface area contributed by atoms with Crippen molar-refractivity contribution in [2.75, 3.05) is 40.0 Å². The van der Waals surface area contributed by atoms with Crippen molar-refractivity contribution in [1.82, 2.24) is 9.80 Å². The maximum atomic E-state index is 13.6. The van der Waals surface area contributed by atoms with Crippen LogP contribution in [-0.4, -0.2) is 73.6 Å². The number of rotatable bonds is 12. The summed E-state index contributed by atoms with van der Waals surface area (Å²) in [6, 6.07) is 15.5. The van der Waals surface area contributed by atoms with Crippen molar-refractivity contribution in [1.29, 1.82) is 0 Å². The molecule has 0 aromatic heterocycles. The first kappa shape index (κ1) is 34.8. The molecule has 4 atom stereocenters. The van der Waals surface area contributed by atoms with Gasteiger partial charge in [-0.25, -0.2) is 0 Å². The van der Waals surface area contributed by atoms with Gasteiger partial charge in [0.2, 0.25) is 11.8 Å². The smallest absolute Gasteiger partial charge is 0.309 e. The van der Waals surface area contributed by atoms with E-state index >= 15 is 0 Å². The maximum absolute atomic E-state index is 13.6. The van der Waals surface area contributed by atoms with Gasteiger partial charge >= 0.3 is 11.9 Å². The first-order valence-electron chi connectivity index (χ1n) is 18.0. The standard InChI is InChI=1S/C39H50N2O8/c1-3-47-34(42)30-6-4-16-38(24-30)18-20-41(36(38)44)27-29-10-14-33(15-11-29)48-22-23-49-35(43)31-7-5-17-39(25-31)19-21-40(37(39)45)26-28-8-12-32(46-2)13-9-28/h8-15,30-31H,3-7,16-27H2,1-2H3. The quantitative estimate of drug-likeness (QED) is 0.208. The summed E-state index contributed by atoms with van der Waals surface area (Å²) in [5.41, 5.74) is 1.15. The minimum atomic E-state index is -0.478. The van der Waals surface area contributed by atoms with Crippen molar-refractivity contribution in [2.24, 2.45) is 22.7 Å². The minimum Gasteiger partial charge on any atom is -0.497 e. The van der Waals surface area contributed by atoms with E-state index in [1.54, 1.807) is 7.11 Å². The molecule has 2 saturated heterocycles. The Bertz CT molecular complexity index is 1490. The Morgan fingerprint density at radius 3 is 1.67 bits per heavy atom. The van der Waals surface area contributed by atoms with Crippen LogP contribution in [0.5, 0.6) is 11.5 Å². The van der Waals surface area contributed by atoms with Gasteiger partial charge in [-0.3, -0.25) is 19.2 Å². The predicted octanol–water partition coefficient (Wildman–Crippen LogP) is 5.70. The lowest BCUT2D eigenvalue weighted by Crippen LogP contribution is -2.40. The lowest BCUT2D eigenvalue weighted by molar-refractivity contribution is -0.154. The van der Waals surface area contributed by atoms with E-state index in [4.69, 9.17) is 18.9 Å². The molecule has 264 valence electrons. The van der Waals surface area contributed by atoms with Gasteiger partial charge in [0, 0.05) is 26.2 Å². The maximum Gasteiger partial charge on any atom is 0.309 e. The fourth-order valence-electron chi connectivity index (χ4n) is 8.60. The predicted molar refractivity (Wildman–Crippen MR) is 181 cm³/mol. The number of benzene rings is 2. The number of carbonyl (C=O) groups excluding carboxylic acids is 4. The number of hydrogen-bond acceptors (Lipinski definition) is 8. The molecule has 2 aliphatic carbocycles. The third-order valence-corrected chi connectivity index (χ3v) is 11.3. The normalized spacial score (nSPS) is 26.7. The number of esters is 2. The molecular formula is C39H50N2O8. The van der Waals surface area contributed by atoms with Crippen LogP contribution in [0.25, 0.3) is 0 Å². The number of ether oxygens (including phenoxy) is 4. The molecule has 0 N–H and O–H groups in total. The summed E-state index contributed by atoms with van der Waals surface area (Å²) in [6.45, 7) is 5.02. The van der Waals surface area contributed by atoms with Crippen molar-refractivity contribution < 1.29 is 38.1 Å². The Balaban J connectivity index is 0.924. The van der Waals surface area contributed by atoms with Crippen LogP contribution in [0.3, 0.4) is 0 Å². The number of hydrogen-bond donors (Lipinski definition) is 0. The molecule has 0 bridgehead atoms. The first-order valence-corrected chi connectivity index (χ1v) is 18.0. The second-order valence-electron chi connectivity index (χ2n) is 14.4. The molecule has 2 aliphatic heterocycles. The molecule has 4 fully saturated rings. The van der Waals surface area contributed by atoms with Crippen LogP contribution >= 0.6 is 0 Å². The summed E-state index contributed by atoms with van der Waals surface area (Å²) in [5.74, 6) is 0.861. The number of methoxy groups -OCH3 is 1. The minimum absolute atomic E-state index is 0.138. The highest BCUT2D eigenvalue weighted by Gasteiger charge is 2.51. The summed E-state index contributed by atoms with van der Waals surface area (Å²) >= 11 is 0. The molecule has 6 rings (SSSR count). The van der Waals surface area contributed by atoms with Gasteiger partial charge in [0.25, 0.3) is 0 Å². The third-order valence-electron chi connectivity index (χ3n) is 11.3. The molecule has 10 nitrogen and oxygen atoms in total. The van der Waals surface area contributed by atoms with Crippen molar-refractivity contribution in [3.63, 3.8) is 0 Å². The first-order chi connectivity index (χ1) is 23.7. The lowest BCUT2D eigenvalue weighted by Gasteiger charge is -2.35. The molecule has 49 heavy (non-hydrogen) atoms. The molecule has 0 radical (unpaired) electrons. The molecule has 2 spiro atoms. The molecule has 4 aliphatic rings. The van der Waals surface area contributed by atoms with E-state index in [9.17, 15) is 19.2 Å². The average Bonchev–Trinajstić information content (AvgIpc) is 3.57. The molecule has 10 heteroatoms. The second-order valence-corrected chi connectivity index (χ2v) is 14.4. The van der Waals surface area contributed by atoms with Crippen LogP contribution in [0.2, 0.25) is 0 Å². The van der Waals surface area contributed by atoms with Crippen LogP contribution < -0.4 is 9.47 Å². The Hall–Kier alpha value is -4.08. The van der Waals surface area contributed by atoms with Gasteiger partial charge in [0.05, 0.1) is 36.4 Å². The monoisotopic (exact) mass is 674 g/mol. The summed E-state index contributed by atoms with van der Waals surface area (Å²) in [7, 11) is 1.64. The van der Waals surface area contributed by atoms with Gasteiger partial charge in [-0.2, -0.15) is 0 Å². The van der Waals surface area contributed by atoms with Crippen molar-refractivity contribution in [2.45, 2.75) is 84.2 Å². The highest BCUT2D eigenvalue weighted by atomic mass is 16.6. The van der Waals surface area contributed by atoms with E-state index in [-0.39, 0.29) is 48.8 Å². The van der Waals surface area contributed by atoms with E-state index < -0.39 is 10.8 Å². The molecular weight excluding hydrogens is 624 g/mol. The topological polar surface area (TPSA) is 112 Å². The molecule has 2 aromatic carbocycles. The van der Waals surface area contributed by atoms with Crippen molar-refractivity contribution in [3.8, 4) is 11.5 Å². The molecule has 2 amide bonds. The number of carbonyl (C=O) groups is 4. The zero-order valence-electron chi connectivity index (χ0n) is 29.0. The summed E-state index contributed by atoms with van der Waals surface area (Å²) in [5, 5.41) is 0. The van der Waals surface area contributed by atoms with Crippen molar-refractivity contribution in [3.05, 3.63) is 59.7 Å². The van der Waals surface area contributed by atoms with Gasteiger partial charge in [-0.05, 0) is 93.7 Å². The van der Waals surface area contributed by atoms with E-state index in [1.165, 1.54) is 0 Å². The summed E-state index contributed by atoms with van der Waals surface area (Å²) in [6.07, 6.45) is 7.57. The molecule has 2 aromatic rings. The largest absolute Gasteiger partial charge is 0.497 e. The average molecular weight is 675 g/mol. The Kier molecular flexibility index (Phi) is 10.8. The third kappa shape index (κ3) is 7.73. The number of amides is 2. The molecule has 4 unspecified atom stereocenters. The zero-order valence-corrected chi connectivity index (χ0v) is 29.0. The fourth-order valence-corrected chi connectivity index (χ4v) is 8.60. The van der Waals surface area contributed by atoms with Crippen LogP contribution in [0.1, 0.15) is 82.3 Å². The second kappa shape index (κ2) is 15.2. The van der Waals surface area contributed by atoms with Crippen LogP contribution in [-0.2, 0) is 41.7 Å². The van der Waals surface area contributed by atoms with Gasteiger partial charge in [0.15, 0.2) is 0 Å². The highest BCUT2D eigenvalue weighted by Crippen LogP contribution is 2.49. The van der Waals surface area contributed by atoms with E-state index in [1.807, 2.05) is 65.3 Å². The highest BCUT2D eigenvalue weighted by molar-refractivity contribution is 5.87. The fraction of sp³-hybridized carbons (Fsp3) is 0.590. The summed E-state index contributed by atoms with van der Waals surface area (Å²) < 4.78 is 22.0. The molecule has 2 saturated carbocycles. The van der Waals surface area contributed by atoms with Gasteiger partial charge in [0.1, 0.15) is 24.7 Å². The van der Waals surface area contributed by atoms with E-state index in [0.717, 1.165) is 68.2 Å². The van der Waals surface area contributed by atoms with Crippen LogP contribution in [0.15, 0.2) is 48.5 Å². The lowest BCUT2D eigenvalue weighted by atomic mass is 9.68. The van der Waals surface area contributed by atoms with E-state index in [0.29, 0.717) is 51.4 Å². The van der Waals surface area contributed by atoms with Crippen LogP contribution in [0, 0.1) is 22.7 Å². The van der Waals surface area contributed by atoms with E-state index in [2.05, 4.69) is 0 Å². The SMILES string of the molecule is CCOC(=O)C1CCCC2(CCN(Cc3ccc(OCCOC(=O)C4CCCC5(CCN(Cc6ccc(OC)cc6)C5=O)C4)cc3)C2=O)C1. The Morgan fingerprint density at radius 1 is 0.694 bits per heavy atom. The Morgan fingerprint density at radius 2 is 1.18 bits per heavy atom. The summed E-state index contributed by atoms with van der Waals surface area (Å²) in [4.78, 5) is 56.3. The Labute approximate surface area is 289 Å². The zero-order chi connectivity index (χ0) is 34.4. The number of likely N-dealkylation sites (tertiary alicyclic amines) is 2.